The number of carbonyl (C=O) groups is 1. The molecule has 1 aromatic rings. The molecule has 1 unspecified atom stereocenters. The zero-order valence-corrected chi connectivity index (χ0v) is 14.3. The van der Waals surface area contributed by atoms with Gasteiger partial charge in [0.1, 0.15) is 0 Å². The Morgan fingerprint density at radius 2 is 2.13 bits per heavy atom. The highest BCUT2D eigenvalue weighted by Crippen LogP contribution is 2.28. The van der Waals surface area contributed by atoms with Gasteiger partial charge in [0.2, 0.25) is 15.9 Å². The van der Waals surface area contributed by atoms with Gasteiger partial charge in [0.05, 0.1) is 11.4 Å². The van der Waals surface area contributed by atoms with E-state index in [0.717, 1.165) is 25.1 Å². The van der Waals surface area contributed by atoms with E-state index in [2.05, 4.69) is 17.1 Å². The van der Waals surface area contributed by atoms with Gasteiger partial charge in [-0.1, -0.05) is 13.0 Å². The first kappa shape index (κ1) is 17.9. The zero-order chi connectivity index (χ0) is 17.3. The van der Waals surface area contributed by atoms with Crippen LogP contribution in [-0.4, -0.2) is 45.4 Å². The smallest absolute Gasteiger partial charge is 0.238 e. The van der Waals surface area contributed by atoms with Crippen molar-refractivity contribution in [3.8, 4) is 0 Å². The lowest BCUT2D eigenvalue weighted by atomic mass is 9.90. The summed E-state index contributed by atoms with van der Waals surface area (Å²) in [5.74, 6) is -0.180. The molecular formula is C15H24N4O3S. The number of nitrogens with two attached hydrogens (primary N) is 2. The van der Waals surface area contributed by atoms with Gasteiger partial charge in [-0.25, -0.2) is 13.6 Å². The first-order chi connectivity index (χ1) is 10.6. The van der Waals surface area contributed by atoms with E-state index < -0.39 is 10.0 Å². The van der Waals surface area contributed by atoms with Crippen molar-refractivity contribution in [3.05, 3.63) is 23.8 Å². The fourth-order valence-electron chi connectivity index (χ4n) is 2.73. The number of hydrogen-bond donors (Lipinski definition) is 3. The topological polar surface area (TPSA) is 119 Å². The summed E-state index contributed by atoms with van der Waals surface area (Å²) in [5.41, 5.74) is 7.06. The number of sulfonamides is 1. The second-order valence-corrected chi connectivity index (χ2v) is 8.11. The molecule has 1 aliphatic heterocycles. The van der Waals surface area contributed by atoms with Crippen LogP contribution in [0.1, 0.15) is 18.9 Å². The van der Waals surface area contributed by atoms with Gasteiger partial charge in [0.15, 0.2) is 0 Å². The highest BCUT2D eigenvalue weighted by atomic mass is 32.2. The van der Waals surface area contributed by atoms with E-state index in [1.165, 1.54) is 12.1 Å². The maximum atomic E-state index is 12.2. The number of rotatable bonds is 5. The molecule has 7 nitrogen and oxygen atoms in total. The van der Waals surface area contributed by atoms with Gasteiger partial charge in [-0.3, -0.25) is 9.69 Å². The summed E-state index contributed by atoms with van der Waals surface area (Å²) in [7, 11) is -3.79. The Kier molecular flexibility index (Phi) is 5.10. The van der Waals surface area contributed by atoms with Gasteiger partial charge in [0.25, 0.3) is 0 Å². The lowest BCUT2D eigenvalue weighted by Crippen LogP contribution is -2.35. The fourth-order valence-corrected chi connectivity index (χ4v) is 3.27. The van der Waals surface area contributed by atoms with Crippen LogP contribution in [-0.2, 0) is 14.8 Å². The maximum Gasteiger partial charge on any atom is 0.238 e. The Hall–Kier alpha value is -1.48. The van der Waals surface area contributed by atoms with Crippen LogP contribution in [0.2, 0.25) is 0 Å². The normalized spacial score (nSPS) is 22.3. The summed E-state index contributed by atoms with van der Waals surface area (Å²) >= 11 is 0. The molecule has 0 bridgehead atoms. The molecule has 1 heterocycles. The average Bonchev–Trinajstić information content (AvgIpc) is 2.82. The number of carbonyl (C=O) groups excluding carboxylic acids is 1. The van der Waals surface area contributed by atoms with Crippen molar-refractivity contribution in [1.82, 2.24) is 4.90 Å². The molecular weight excluding hydrogens is 316 g/mol. The van der Waals surface area contributed by atoms with Crippen molar-refractivity contribution >= 4 is 21.6 Å². The Labute approximate surface area is 137 Å². The predicted molar refractivity (Wildman–Crippen MR) is 89.4 cm³/mol. The largest absolute Gasteiger partial charge is 0.330 e. The molecule has 0 aromatic heterocycles. The highest BCUT2D eigenvalue weighted by Gasteiger charge is 2.33. The quantitative estimate of drug-likeness (QED) is 0.710. The van der Waals surface area contributed by atoms with E-state index in [1.54, 1.807) is 13.0 Å². The van der Waals surface area contributed by atoms with Gasteiger partial charge in [-0.15, -0.1) is 0 Å². The van der Waals surface area contributed by atoms with E-state index in [-0.39, 0.29) is 22.8 Å². The minimum Gasteiger partial charge on any atom is -0.330 e. The van der Waals surface area contributed by atoms with Crippen LogP contribution in [0.3, 0.4) is 0 Å². The summed E-state index contributed by atoms with van der Waals surface area (Å²) in [6.45, 7) is 6.38. The van der Waals surface area contributed by atoms with Crippen LogP contribution in [0.25, 0.3) is 0 Å². The molecule has 2 rings (SSSR count). The molecule has 1 saturated heterocycles. The minimum absolute atomic E-state index is 0.0183. The summed E-state index contributed by atoms with van der Waals surface area (Å²) in [4.78, 5) is 14.3. The third kappa shape index (κ3) is 4.51. The van der Waals surface area contributed by atoms with E-state index in [1.807, 2.05) is 0 Å². The van der Waals surface area contributed by atoms with Crippen molar-refractivity contribution in [2.24, 2.45) is 16.3 Å². The number of benzene rings is 1. The van der Waals surface area contributed by atoms with Crippen LogP contribution in [0.15, 0.2) is 23.1 Å². The number of nitrogens with one attached hydrogen (secondary N) is 1. The van der Waals surface area contributed by atoms with Crippen molar-refractivity contribution in [2.45, 2.75) is 25.2 Å². The lowest BCUT2D eigenvalue weighted by Gasteiger charge is -2.22. The number of anilines is 1. The molecule has 0 aliphatic carbocycles. The lowest BCUT2D eigenvalue weighted by molar-refractivity contribution is -0.117. The molecule has 1 atom stereocenters. The predicted octanol–water partition coefficient (Wildman–Crippen LogP) is 0.252. The Morgan fingerprint density at radius 1 is 1.43 bits per heavy atom. The first-order valence-corrected chi connectivity index (χ1v) is 9.03. The number of likely N-dealkylation sites (tertiary alicyclic amines) is 1. The fraction of sp³-hybridized carbons (Fsp3) is 0.533. The van der Waals surface area contributed by atoms with Crippen LogP contribution in [0.4, 0.5) is 5.69 Å². The van der Waals surface area contributed by atoms with Crippen molar-refractivity contribution in [1.29, 1.82) is 0 Å². The Balaban J connectivity index is 2.04. The number of amides is 1. The summed E-state index contributed by atoms with van der Waals surface area (Å²) in [6, 6.07) is 4.43. The summed E-state index contributed by atoms with van der Waals surface area (Å²) in [6.07, 6.45) is 0.969. The number of hydrogen-bond acceptors (Lipinski definition) is 5. The molecule has 0 spiro atoms. The van der Waals surface area contributed by atoms with Crippen molar-refractivity contribution in [3.63, 3.8) is 0 Å². The monoisotopic (exact) mass is 340 g/mol. The molecule has 8 heteroatoms. The van der Waals surface area contributed by atoms with Gasteiger partial charge in [-0.05, 0) is 49.5 Å². The second kappa shape index (κ2) is 6.56. The van der Waals surface area contributed by atoms with E-state index in [9.17, 15) is 13.2 Å². The van der Waals surface area contributed by atoms with E-state index >= 15 is 0 Å². The molecule has 5 N–H and O–H groups in total. The van der Waals surface area contributed by atoms with E-state index in [0.29, 0.717) is 12.2 Å². The standard InChI is InChI=1S/C15H24N4O3S/c1-11-3-4-12(23(17,21)22)7-13(11)18-14(20)8-19-6-5-15(2,9-16)10-19/h3-4,7H,5-6,8-10,16H2,1-2H3,(H,18,20)(H2,17,21,22). The Bertz CT molecular complexity index is 705. The van der Waals surface area contributed by atoms with Gasteiger partial charge < -0.3 is 11.1 Å². The number of aryl methyl sites for hydroxylation is 1. The molecule has 0 radical (unpaired) electrons. The van der Waals surface area contributed by atoms with Crippen LogP contribution in [0.5, 0.6) is 0 Å². The number of primary sulfonamides is 1. The van der Waals surface area contributed by atoms with Crippen LogP contribution in [0, 0.1) is 12.3 Å². The Morgan fingerprint density at radius 3 is 2.70 bits per heavy atom. The van der Waals surface area contributed by atoms with E-state index in [4.69, 9.17) is 10.9 Å². The molecule has 128 valence electrons. The molecule has 1 aromatic carbocycles. The molecule has 0 saturated carbocycles. The van der Waals surface area contributed by atoms with Gasteiger partial charge in [-0.2, -0.15) is 0 Å². The molecule has 1 fully saturated rings. The summed E-state index contributed by atoms with van der Waals surface area (Å²) in [5, 5.41) is 7.89. The van der Waals surface area contributed by atoms with Crippen LogP contribution < -0.4 is 16.2 Å². The number of nitrogens with zero attached hydrogens (tertiary/aromatic N) is 1. The highest BCUT2D eigenvalue weighted by molar-refractivity contribution is 7.89. The third-order valence-corrected chi connectivity index (χ3v) is 5.22. The third-order valence-electron chi connectivity index (χ3n) is 4.31. The van der Waals surface area contributed by atoms with Crippen molar-refractivity contribution < 1.29 is 13.2 Å². The zero-order valence-electron chi connectivity index (χ0n) is 13.5. The van der Waals surface area contributed by atoms with Gasteiger partial charge >= 0.3 is 0 Å². The maximum absolute atomic E-state index is 12.2. The minimum atomic E-state index is -3.79. The molecule has 23 heavy (non-hydrogen) atoms. The molecule has 1 amide bonds. The summed E-state index contributed by atoms with van der Waals surface area (Å²) < 4.78 is 22.8. The van der Waals surface area contributed by atoms with Crippen molar-refractivity contribution in [2.75, 3.05) is 31.5 Å². The second-order valence-electron chi connectivity index (χ2n) is 6.55. The van der Waals surface area contributed by atoms with Gasteiger partial charge in [0, 0.05) is 12.2 Å². The first-order valence-electron chi connectivity index (χ1n) is 7.49. The SMILES string of the molecule is Cc1ccc(S(N)(=O)=O)cc1NC(=O)CN1CCC(C)(CN)C1. The average molecular weight is 340 g/mol. The van der Waals surface area contributed by atoms with Crippen LogP contribution >= 0.6 is 0 Å². The molecule has 1 aliphatic rings.